The Morgan fingerprint density at radius 2 is 1.69 bits per heavy atom. The van der Waals surface area contributed by atoms with Gasteiger partial charge >= 0.3 is 0 Å². The molecule has 1 fully saturated rings. The minimum absolute atomic E-state index is 0.606. The smallest absolute Gasteiger partial charge is 0.191 e. The van der Waals surface area contributed by atoms with Crippen molar-refractivity contribution in [1.29, 1.82) is 0 Å². The minimum atomic E-state index is 0.606. The topological polar surface area (TPSA) is 58.1 Å². The van der Waals surface area contributed by atoms with Gasteiger partial charge in [-0.05, 0) is 16.7 Å². The third kappa shape index (κ3) is 7.85. The molecule has 6 nitrogen and oxygen atoms in total. The molecule has 2 aromatic rings. The zero-order valence-corrected chi connectivity index (χ0v) is 17.3. The Morgan fingerprint density at radius 1 is 0.966 bits per heavy atom. The Kier molecular flexibility index (Phi) is 8.97. The summed E-state index contributed by atoms with van der Waals surface area (Å²) in [6, 6.07) is 18.7. The van der Waals surface area contributed by atoms with Gasteiger partial charge in [0.2, 0.25) is 0 Å². The van der Waals surface area contributed by atoms with E-state index in [4.69, 9.17) is 9.47 Å². The predicted molar refractivity (Wildman–Crippen MR) is 117 cm³/mol. The van der Waals surface area contributed by atoms with Crippen LogP contribution in [0.15, 0.2) is 59.6 Å². The van der Waals surface area contributed by atoms with E-state index in [1.165, 1.54) is 16.7 Å². The van der Waals surface area contributed by atoms with Gasteiger partial charge in [-0.25, -0.2) is 0 Å². The third-order valence-corrected chi connectivity index (χ3v) is 4.88. The van der Waals surface area contributed by atoms with E-state index in [1.807, 2.05) is 18.2 Å². The molecule has 2 aromatic carbocycles. The zero-order chi connectivity index (χ0) is 20.2. The Hall–Kier alpha value is -2.41. The van der Waals surface area contributed by atoms with Gasteiger partial charge in [-0.2, -0.15) is 0 Å². The SMILES string of the molecule is CN=C(NCCN1CCOCC1)NCc1cccc(COCc2ccccc2)c1. The molecule has 0 atom stereocenters. The molecule has 0 aromatic heterocycles. The Labute approximate surface area is 173 Å². The molecule has 0 spiro atoms. The summed E-state index contributed by atoms with van der Waals surface area (Å²) in [6.45, 7) is 7.50. The maximum Gasteiger partial charge on any atom is 0.191 e. The van der Waals surface area contributed by atoms with Gasteiger partial charge in [0.05, 0.1) is 26.4 Å². The highest BCUT2D eigenvalue weighted by Crippen LogP contribution is 2.09. The Bertz CT molecular complexity index is 746. The second-order valence-corrected chi connectivity index (χ2v) is 7.10. The molecule has 0 radical (unpaired) electrons. The Balaban J connectivity index is 1.38. The summed E-state index contributed by atoms with van der Waals surface area (Å²) < 4.78 is 11.2. The van der Waals surface area contributed by atoms with Crippen LogP contribution in [-0.2, 0) is 29.2 Å². The van der Waals surface area contributed by atoms with Crippen LogP contribution >= 0.6 is 0 Å². The molecule has 0 aliphatic carbocycles. The first-order valence-corrected chi connectivity index (χ1v) is 10.3. The number of ether oxygens (including phenoxy) is 2. The standard InChI is InChI=1S/C23H32N4O2/c1-24-23(25-10-11-27-12-14-28-15-13-27)26-17-21-8-5-9-22(16-21)19-29-18-20-6-3-2-4-7-20/h2-9,16H,10-15,17-19H2,1H3,(H2,24,25,26). The van der Waals surface area contributed by atoms with E-state index in [9.17, 15) is 0 Å². The van der Waals surface area contributed by atoms with Gasteiger partial charge in [0.25, 0.3) is 0 Å². The van der Waals surface area contributed by atoms with Gasteiger partial charge in [-0.3, -0.25) is 9.89 Å². The van der Waals surface area contributed by atoms with Gasteiger partial charge in [0.15, 0.2) is 5.96 Å². The molecule has 156 valence electrons. The fraction of sp³-hybridized carbons (Fsp3) is 0.435. The van der Waals surface area contributed by atoms with Gasteiger partial charge in [-0.1, -0.05) is 54.6 Å². The first-order chi connectivity index (χ1) is 14.3. The van der Waals surface area contributed by atoms with Crippen molar-refractivity contribution in [3.05, 3.63) is 71.3 Å². The third-order valence-electron chi connectivity index (χ3n) is 4.88. The number of rotatable bonds is 9. The molecule has 29 heavy (non-hydrogen) atoms. The summed E-state index contributed by atoms with van der Waals surface area (Å²) in [7, 11) is 1.80. The number of benzene rings is 2. The van der Waals surface area contributed by atoms with Crippen LogP contribution in [0.4, 0.5) is 0 Å². The van der Waals surface area contributed by atoms with Crippen LogP contribution in [0.1, 0.15) is 16.7 Å². The number of morpholine rings is 1. The van der Waals surface area contributed by atoms with Gasteiger partial charge in [0.1, 0.15) is 0 Å². The molecular formula is C23H32N4O2. The number of nitrogens with zero attached hydrogens (tertiary/aromatic N) is 2. The van der Waals surface area contributed by atoms with E-state index < -0.39 is 0 Å². The number of guanidine groups is 1. The summed E-state index contributed by atoms with van der Waals surface area (Å²) >= 11 is 0. The van der Waals surface area contributed by atoms with Gasteiger partial charge in [0, 0.05) is 39.8 Å². The number of aliphatic imine (C=N–C) groups is 1. The summed E-state index contributed by atoms with van der Waals surface area (Å²) in [5.41, 5.74) is 3.58. The molecule has 1 aliphatic heterocycles. The molecular weight excluding hydrogens is 364 g/mol. The average Bonchev–Trinajstić information content (AvgIpc) is 2.78. The molecule has 1 saturated heterocycles. The first kappa shape index (κ1) is 21.3. The summed E-state index contributed by atoms with van der Waals surface area (Å²) in [6.07, 6.45) is 0. The zero-order valence-electron chi connectivity index (χ0n) is 17.3. The normalized spacial score (nSPS) is 15.3. The summed E-state index contributed by atoms with van der Waals surface area (Å²) in [5, 5.41) is 6.77. The lowest BCUT2D eigenvalue weighted by Crippen LogP contribution is -2.44. The summed E-state index contributed by atoms with van der Waals surface area (Å²) in [5.74, 6) is 0.823. The molecule has 3 rings (SSSR count). The fourth-order valence-corrected chi connectivity index (χ4v) is 3.25. The van der Waals surface area contributed by atoms with Gasteiger partial charge in [-0.15, -0.1) is 0 Å². The van der Waals surface area contributed by atoms with E-state index in [2.05, 4.69) is 56.9 Å². The van der Waals surface area contributed by atoms with E-state index in [0.29, 0.717) is 13.2 Å². The molecule has 2 N–H and O–H groups in total. The van der Waals surface area contributed by atoms with Crippen molar-refractivity contribution in [3.8, 4) is 0 Å². The van der Waals surface area contributed by atoms with Crippen LogP contribution in [0.2, 0.25) is 0 Å². The first-order valence-electron chi connectivity index (χ1n) is 10.3. The highest BCUT2D eigenvalue weighted by Gasteiger charge is 2.09. The maximum absolute atomic E-state index is 5.85. The van der Waals surface area contributed by atoms with Crippen molar-refractivity contribution < 1.29 is 9.47 Å². The quantitative estimate of drug-likeness (QED) is 0.504. The molecule has 6 heteroatoms. The average molecular weight is 397 g/mol. The van der Waals surface area contributed by atoms with Crippen LogP contribution in [-0.4, -0.2) is 57.3 Å². The molecule has 1 heterocycles. The lowest BCUT2D eigenvalue weighted by molar-refractivity contribution is 0.0389. The molecule has 1 aliphatic rings. The number of nitrogens with one attached hydrogen (secondary N) is 2. The van der Waals surface area contributed by atoms with Crippen LogP contribution in [0.3, 0.4) is 0 Å². The second kappa shape index (κ2) is 12.2. The predicted octanol–water partition coefficient (Wildman–Crippen LogP) is 2.40. The highest BCUT2D eigenvalue weighted by atomic mass is 16.5. The van der Waals surface area contributed by atoms with Crippen LogP contribution < -0.4 is 10.6 Å². The van der Waals surface area contributed by atoms with Crippen LogP contribution in [0.25, 0.3) is 0 Å². The van der Waals surface area contributed by atoms with Crippen molar-refractivity contribution in [2.24, 2.45) is 4.99 Å². The van der Waals surface area contributed by atoms with E-state index >= 15 is 0 Å². The molecule has 0 bridgehead atoms. The van der Waals surface area contributed by atoms with E-state index in [-0.39, 0.29) is 0 Å². The Morgan fingerprint density at radius 3 is 2.48 bits per heavy atom. The fourth-order valence-electron chi connectivity index (χ4n) is 3.25. The van der Waals surface area contributed by atoms with Crippen molar-refractivity contribution >= 4 is 5.96 Å². The maximum atomic E-state index is 5.85. The van der Waals surface area contributed by atoms with Crippen molar-refractivity contribution in [2.45, 2.75) is 19.8 Å². The van der Waals surface area contributed by atoms with Crippen molar-refractivity contribution in [3.63, 3.8) is 0 Å². The minimum Gasteiger partial charge on any atom is -0.379 e. The lowest BCUT2D eigenvalue weighted by Gasteiger charge is -2.26. The van der Waals surface area contributed by atoms with E-state index in [0.717, 1.165) is 51.9 Å². The largest absolute Gasteiger partial charge is 0.379 e. The number of hydrogen-bond acceptors (Lipinski definition) is 4. The summed E-state index contributed by atoms with van der Waals surface area (Å²) in [4.78, 5) is 6.72. The van der Waals surface area contributed by atoms with E-state index in [1.54, 1.807) is 7.05 Å². The van der Waals surface area contributed by atoms with Crippen LogP contribution in [0.5, 0.6) is 0 Å². The monoisotopic (exact) mass is 396 g/mol. The number of hydrogen-bond donors (Lipinski definition) is 2. The molecule has 0 unspecified atom stereocenters. The van der Waals surface area contributed by atoms with Crippen molar-refractivity contribution in [1.82, 2.24) is 15.5 Å². The second-order valence-electron chi connectivity index (χ2n) is 7.10. The van der Waals surface area contributed by atoms with Crippen LogP contribution in [0, 0.1) is 0 Å². The van der Waals surface area contributed by atoms with Crippen molar-refractivity contribution in [2.75, 3.05) is 46.4 Å². The lowest BCUT2D eigenvalue weighted by atomic mass is 10.1. The highest BCUT2D eigenvalue weighted by molar-refractivity contribution is 5.79. The molecule has 0 amide bonds. The van der Waals surface area contributed by atoms with Gasteiger partial charge < -0.3 is 20.1 Å². The molecule has 0 saturated carbocycles.